The number of hydrogen-bond donors (Lipinski definition) is 2. The molecule has 0 fully saturated rings. The first kappa shape index (κ1) is 20.1. The van der Waals surface area contributed by atoms with Crippen LogP contribution in [0.4, 0.5) is 0 Å². The molecule has 0 heterocycles. The van der Waals surface area contributed by atoms with Crippen molar-refractivity contribution in [3.05, 3.63) is 0 Å². The molecule has 0 rings (SSSR count). The SMILES string of the molecule is CC(=O)OCC(CCCCCCCP(=O)(O)O)OC(C)=O. The van der Waals surface area contributed by atoms with E-state index in [2.05, 4.69) is 0 Å². The summed E-state index contributed by atoms with van der Waals surface area (Å²) in [7, 11) is -3.88. The third-order valence-corrected chi connectivity index (χ3v) is 3.68. The molecule has 7 nitrogen and oxygen atoms in total. The van der Waals surface area contributed by atoms with E-state index in [-0.39, 0.29) is 12.8 Å². The molecule has 124 valence electrons. The molecule has 0 aromatic carbocycles. The Hall–Kier alpha value is -0.910. The zero-order valence-electron chi connectivity index (χ0n) is 12.6. The van der Waals surface area contributed by atoms with E-state index >= 15 is 0 Å². The highest BCUT2D eigenvalue weighted by Gasteiger charge is 2.14. The molecule has 0 amide bonds. The maximum absolute atomic E-state index is 10.9. The number of carbonyl (C=O) groups excluding carboxylic acids is 2. The number of rotatable bonds is 11. The second kappa shape index (κ2) is 10.8. The first-order valence-electron chi connectivity index (χ1n) is 7.06. The normalized spacial score (nSPS) is 12.8. The van der Waals surface area contributed by atoms with Crippen molar-refractivity contribution >= 4 is 19.5 Å². The van der Waals surface area contributed by atoms with Crippen molar-refractivity contribution in [2.24, 2.45) is 0 Å². The Balaban J connectivity index is 3.74. The van der Waals surface area contributed by atoms with Crippen LogP contribution >= 0.6 is 7.60 Å². The summed E-state index contributed by atoms with van der Waals surface area (Å²) in [5.74, 6) is -0.821. The van der Waals surface area contributed by atoms with Gasteiger partial charge < -0.3 is 19.3 Å². The van der Waals surface area contributed by atoms with Gasteiger partial charge >= 0.3 is 19.5 Å². The van der Waals surface area contributed by atoms with Gasteiger partial charge in [0.25, 0.3) is 0 Å². The van der Waals surface area contributed by atoms with E-state index < -0.39 is 25.6 Å². The molecule has 0 radical (unpaired) electrons. The quantitative estimate of drug-likeness (QED) is 0.340. The van der Waals surface area contributed by atoms with Crippen molar-refractivity contribution in [2.75, 3.05) is 12.8 Å². The fraction of sp³-hybridized carbons (Fsp3) is 0.846. The highest BCUT2D eigenvalue weighted by atomic mass is 31.2. The smallest absolute Gasteiger partial charge is 0.325 e. The van der Waals surface area contributed by atoms with Gasteiger partial charge in [-0.3, -0.25) is 14.2 Å². The molecule has 0 aliphatic rings. The second-order valence-corrected chi connectivity index (χ2v) is 6.76. The number of esters is 2. The van der Waals surface area contributed by atoms with E-state index in [9.17, 15) is 14.2 Å². The monoisotopic (exact) mass is 324 g/mol. The van der Waals surface area contributed by atoms with Crippen LogP contribution in [0, 0.1) is 0 Å². The first-order valence-corrected chi connectivity index (χ1v) is 8.85. The molecule has 0 aliphatic carbocycles. The van der Waals surface area contributed by atoms with E-state index in [1.165, 1.54) is 13.8 Å². The van der Waals surface area contributed by atoms with Crippen molar-refractivity contribution < 1.29 is 33.4 Å². The van der Waals surface area contributed by atoms with Crippen LogP contribution < -0.4 is 0 Å². The van der Waals surface area contributed by atoms with Gasteiger partial charge in [-0.2, -0.15) is 0 Å². The number of ether oxygens (including phenoxy) is 2. The molecule has 1 unspecified atom stereocenters. The fourth-order valence-corrected chi connectivity index (χ4v) is 2.48. The molecule has 0 spiro atoms. The molecule has 0 bridgehead atoms. The highest BCUT2D eigenvalue weighted by molar-refractivity contribution is 7.51. The van der Waals surface area contributed by atoms with Crippen LogP contribution in [0.25, 0.3) is 0 Å². The van der Waals surface area contributed by atoms with E-state index in [1.807, 2.05) is 0 Å². The fourth-order valence-electron chi connectivity index (χ4n) is 1.84. The summed E-state index contributed by atoms with van der Waals surface area (Å²) < 4.78 is 20.5. The Morgan fingerprint density at radius 2 is 1.57 bits per heavy atom. The van der Waals surface area contributed by atoms with Crippen LogP contribution in [0.5, 0.6) is 0 Å². The minimum absolute atomic E-state index is 0.0626. The summed E-state index contributed by atoms with van der Waals surface area (Å²) in [6.07, 6.45) is 3.90. The largest absolute Gasteiger partial charge is 0.462 e. The summed E-state index contributed by atoms with van der Waals surface area (Å²) in [6, 6.07) is 0. The average molecular weight is 324 g/mol. The number of carbonyl (C=O) groups is 2. The molecular weight excluding hydrogens is 299 g/mol. The van der Waals surface area contributed by atoms with Crippen molar-refractivity contribution in [3.63, 3.8) is 0 Å². The van der Waals surface area contributed by atoms with Crippen molar-refractivity contribution in [3.8, 4) is 0 Å². The van der Waals surface area contributed by atoms with Crippen LogP contribution in [-0.2, 0) is 23.6 Å². The van der Waals surface area contributed by atoms with Gasteiger partial charge in [-0.25, -0.2) is 0 Å². The molecule has 1 atom stereocenters. The van der Waals surface area contributed by atoms with Gasteiger partial charge in [0.15, 0.2) is 0 Å². The lowest BCUT2D eigenvalue weighted by Gasteiger charge is -2.16. The molecule has 2 N–H and O–H groups in total. The van der Waals surface area contributed by atoms with E-state index in [0.717, 1.165) is 25.7 Å². The van der Waals surface area contributed by atoms with E-state index in [4.69, 9.17) is 19.3 Å². The lowest BCUT2D eigenvalue weighted by Crippen LogP contribution is -2.23. The predicted molar refractivity (Wildman–Crippen MR) is 76.8 cm³/mol. The molecule has 0 saturated heterocycles. The second-order valence-electron chi connectivity index (χ2n) is 4.98. The van der Waals surface area contributed by atoms with Crippen LogP contribution in [0.3, 0.4) is 0 Å². The molecule has 0 saturated carbocycles. The number of unbranched alkanes of at least 4 members (excludes halogenated alkanes) is 4. The van der Waals surface area contributed by atoms with Crippen LogP contribution in [0.2, 0.25) is 0 Å². The van der Waals surface area contributed by atoms with Gasteiger partial charge in [0, 0.05) is 20.0 Å². The Kier molecular flexibility index (Phi) is 10.3. The summed E-state index contributed by atoms with van der Waals surface area (Å²) in [5.41, 5.74) is 0. The third kappa shape index (κ3) is 15.3. The summed E-state index contributed by atoms with van der Waals surface area (Å²) >= 11 is 0. The number of hydrogen-bond acceptors (Lipinski definition) is 5. The molecule has 0 aliphatic heterocycles. The van der Waals surface area contributed by atoms with Gasteiger partial charge in [-0.15, -0.1) is 0 Å². The van der Waals surface area contributed by atoms with Gasteiger partial charge in [-0.05, 0) is 19.3 Å². The lowest BCUT2D eigenvalue weighted by molar-refractivity contribution is -0.156. The van der Waals surface area contributed by atoms with E-state index in [1.54, 1.807) is 0 Å². The summed E-state index contributed by atoms with van der Waals surface area (Å²) in [6.45, 7) is 2.67. The summed E-state index contributed by atoms with van der Waals surface area (Å²) in [4.78, 5) is 39.1. The van der Waals surface area contributed by atoms with Crippen molar-refractivity contribution in [1.29, 1.82) is 0 Å². The molecule has 0 aromatic rings. The van der Waals surface area contributed by atoms with E-state index in [0.29, 0.717) is 12.8 Å². The average Bonchev–Trinajstić information content (AvgIpc) is 2.32. The van der Waals surface area contributed by atoms with Crippen LogP contribution in [-0.4, -0.2) is 40.6 Å². The zero-order valence-corrected chi connectivity index (χ0v) is 13.5. The van der Waals surface area contributed by atoms with Crippen LogP contribution in [0.15, 0.2) is 0 Å². The van der Waals surface area contributed by atoms with Gasteiger partial charge in [0.1, 0.15) is 12.7 Å². The zero-order chi connectivity index (χ0) is 16.3. The molecule has 21 heavy (non-hydrogen) atoms. The van der Waals surface area contributed by atoms with Crippen molar-refractivity contribution in [2.45, 2.75) is 58.5 Å². The van der Waals surface area contributed by atoms with Gasteiger partial charge in [0.05, 0.1) is 0 Å². The summed E-state index contributed by atoms with van der Waals surface area (Å²) in [5, 5.41) is 0. The van der Waals surface area contributed by atoms with Gasteiger partial charge in [0.2, 0.25) is 0 Å². The third-order valence-electron chi connectivity index (χ3n) is 2.78. The Labute approximate surface area is 125 Å². The first-order chi connectivity index (χ1) is 9.70. The minimum atomic E-state index is -3.88. The minimum Gasteiger partial charge on any atom is -0.462 e. The Bertz CT molecular complexity index is 364. The maximum Gasteiger partial charge on any atom is 0.325 e. The lowest BCUT2D eigenvalue weighted by atomic mass is 10.1. The standard InChI is InChI=1S/C13H25O7P/c1-11(14)19-10-13(20-12(2)15)8-6-4-3-5-7-9-21(16,17)18/h13H,3-10H2,1-2H3,(H2,16,17,18). The maximum atomic E-state index is 10.9. The van der Waals surface area contributed by atoms with Gasteiger partial charge in [-0.1, -0.05) is 19.3 Å². The Morgan fingerprint density at radius 3 is 2.10 bits per heavy atom. The molecular formula is C13H25O7P. The predicted octanol–water partition coefficient (Wildman–Crippen LogP) is 2.00. The Morgan fingerprint density at radius 1 is 1.00 bits per heavy atom. The van der Waals surface area contributed by atoms with Crippen molar-refractivity contribution in [1.82, 2.24) is 0 Å². The highest BCUT2D eigenvalue weighted by Crippen LogP contribution is 2.35. The van der Waals surface area contributed by atoms with Crippen LogP contribution in [0.1, 0.15) is 52.4 Å². The molecule has 0 aromatic heterocycles. The molecule has 8 heteroatoms. The topological polar surface area (TPSA) is 110 Å².